The molecule has 0 aromatic heterocycles. The first-order valence-corrected chi connectivity index (χ1v) is 6.93. The zero-order chi connectivity index (χ0) is 15.9. The maximum absolute atomic E-state index is 12.1. The van der Waals surface area contributed by atoms with Gasteiger partial charge in [0, 0.05) is 0 Å². The molecule has 1 aromatic rings. The third-order valence-corrected chi connectivity index (χ3v) is 3.03. The van der Waals surface area contributed by atoms with Crippen molar-refractivity contribution in [1.82, 2.24) is 0 Å². The lowest BCUT2D eigenvalue weighted by molar-refractivity contribution is 0.0313. The summed E-state index contributed by atoms with van der Waals surface area (Å²) < 4.78 is 13.2. The Morgan fingerprint density at radius 2 is 1.90 bits per heavy atom. The van der Waals surface area contributed by atoms with Gasteiger partial charge in [-0.15, -0.1) is 0 Å². The molecule has 0 unspecified atom stereocenters. The fourth-order valence-corrected chi connectivity index (χ4v) is 1.91. The Labute approximate surface area is 121 Å². The van der Waals surface area contributed by atoms with E-state index in [1.54, 1.807) is 12.1 Å². The van der Waals surface area contributed by atoms with Gasteiger partial charge in [-0.05, 0) is 31.9 Å². The maximum Gasteiger partial charge on any atom is 0.339 e. The first kappa shape index (κ1) is 14.6. The number of hydrogen-bond acceptors (Lipinski definition) is 3. The molecule has 0 aliphatic carbocycles. The molecule has 1 atom stereocenters. The van der Waals surface area contributed by atoms with Crippen LogP contribution in [0, 0.1) is 0 Å². The zero-order valence-electron chi connectivity index (χ0n) is 13.0. The van der Waals surface area contributed by atoms with E-state index in [0.29, 0.717) is 6.42 Å². The van der Waals surface area contributed by atoms with Crippen LogP contribution in [0.25, 0.3) is 0 Å². The molecule has 1 aromatic carbocycles. The van der Waals surface area contributed by atoms with Crippen molar-refractivity contribution in [2.75, 3.05) is 0 Å². The minimum atomic E-state index is -1.34. The van der Waals surface area contributed by atoms with Crippen LogP contribution in [0.4, 0.5) is 0 Å². The summed E-state index contributed by atoms with van der Waals surface area (Å²) >= 11 is 0. The second-order valence-corrected chi connectivity index (χ2v) is 4.75. The summed E-state index contributed by atoms with van der Waals surface area (Å²) in [5, 5.41) is 9.06. The first-order chi connectivity index (χ1) is 9.87. The molecule has 110 valence electrons. The van der Waals surface area contributed by atoms with Crippen molar-refractivity contribution in [3.05, 3.63) is 35.4 Å². The van der Waals surface area contributed by atoms with Crippen molar-refractivity contribution < 1.29 is 20.8 Å². The molecule has 0 saturated carbocycles. The first-order valence-electron chi connectivity index (χ1n) is 7.43. The Hall–Kier alpha value is -1.84. The number of aromatic carboxylic acids is 1. The van der Waals surface area contributed by atoms with Gasteiger partial charge in [0.2, 0.25) is 0 Å². The summed E-state index contributed by atoms with van der Waals surface area (Å²) in [7, 11) is 0. The zero-order valence-corrected chi connectivity index (χ0v) is 12.0. The maximum atomic E-state index is 12.1. The van der Waals surface area contributed by atoms with Gasteiger partial charge in [-0.2, -0.15) is 0 Å². The number of carbonyl (C=O) groups excluding carboxylic acids is 1. The highest BCUT2D eigenvalue weighted by Crippen LogP contribution is 2.14. The van der Waals surface area contributed by atoms with E-state index in [9.17, 15) is 9.59 Å². The lowest BCUT2D eigenvalue weighted by atomic mass is 10.1. The fourth-order valence-electron chi connectivity index (χ4n) is 1.91. The number of esters is 1. The largest absolute Gasteiger partial charge is 0.478 e. The van der Waals surface area contributed by atoms with Gasteiger partial charge < -0.3 is 9.84 Å². The second kappa shape index (κ2) is 8.35. The number of carboxylic acid groups (broad SMARTS) is 1. The van der Waals surface area contributed by atoms with Gasteiger partial charge in [-0.3, -0.25) is 0 Å². The molecule has 0 spiro atoms. The summed E-state index contributed by atoms with van der Waals surface area (Å²) in [6, 6.07) is 5.87. The van der Waals surface area contributed by atoms with Crippen LogP contribution in [0.1, 0.15) is 68.0 Å². The number of rotatable bonds is 8. The Bertz CT molecular complexity index is 497. The lowest BCUT2D eigenvalue weighted by Gasteiger charge is -2.14. The average molecular weight is 279 g/mol. The quantitative estimate of drug-likeness (QED) is 0.579. The molecule has 0 saturated heterocycles. The van der Waals surface area contributed by atoms with E-state index in [1.807, 2.05) is 0 Å². The minimum absolute atomic E-state index is 0.0166. The summed E-state index contributed by atoms with van der Waals surface area (Å²) in [6.07, 6.45) is 3.09. The molecule has 0 aliphatic heterocycles. The van der Waals surface area contributed by atoms with E-state index in [4.69, 9.17) is 11.2 Å². The van der Waals surface area contributed by atoms with E-state index < -0.39 is 18.0 Å². The summed E-state index contributed by atoms with van der Waals surface area (Å²) in [5.74, 6) is -1.95. The molecule has 0 aliphatic rings. The van der Waals surface area contributed by atoms with Crippen LogP contribution >= 0.6 is 0 Å². The normalized spacial score (nSPS) is 14.2. The Morgan fingerprint density at radius 3 is 2.50 bits per heavy atom. The van der Waals surface area contributed by atoms with Gasteiger partial charge >= 0.3 is 11.9 Å². The molecule has 0 radical (unpaired) electrons. The minimum Gasteiger partial charge on any atom is -0.478 e. The summed E-state index contributed by atoms with van der Waals surface area (Å²) in [6.45, 7) is 3.63. The smallest absolute Gasteiger partial charge is 0.339 e. The van der Waals surface area contributed by atoms with Crippen molar-refractivity contribution in [1.29, 1.82) is 0 Å². The second-order valence-electron chi connectivity index (χ2n) is 4.75. The Morgan fingerprint density at radius 1 is 1.25 bits per heavy atom. The van der Waals surface area contributed by atoms with E-state index in [-0.39, 0.29) is 11.1 Å². The van der Waals surface area contributed by atoms with E-state index >= 15 is 0 Å². The van der Waals surface area contributed by atoms with Crippen molar-refractivity contribution >= 4 is 11.9 Å². The Kier molecular flexibility index (Phi) is 6.08. The number of hydrogen-bond donors (Lipinski definition) is 1. The van der Waals surface area contributed by atoms with Crippen LogP contribution in [0.2, 0.25) is 0 Å². The SMILES string of the molecule is [2H][C@@](C)(CCCCCC)OC(=O)c1ccccc1C(=O)O. The van der Waals surface area contributed by atoms with Gasteiger partial charge in [-0.1, -0.05) is 38.3 Å². The van der Waals surface area contributed by atoms with E-state index in [2.05, 4.69) is 6.92 Å². The van der Waals surface area contributed by atoms with Crippen molar-refractivity contribution in [3.8, 4) is 0 Å². The molecule has 0 heterocycles. The molecule has 0 fully saturated rings. The molecule has 4 nitrogen and oxygen atoms in total. The van der Waals surface area contributed by atoms with Crippen LogP contribution in [0.3, 0.4) is 0 Å². The van der Waals surface area contributed by atoms with Gasteiger partial charge in [0.25, 0.3) is 0 Å². The van der Waals surface area contributed by atoms with Crippen LogP contribution in [-0.2, 0) is 4.74 Å². The molecular weight excluding hydrogens is 256 g/mol. The standard InChI is InChI=1S/C16H22O4/c1-3-4-5-6-9-12(2)20-16(19)14-11-8-7-10-13(14)15(17)18/h7-8,10-12H,3-6,9H2,1-2H3,(H,17,18)/t12-/m1/s1/i12D. The van der Waals surface area contributed by atoms with Crippen molar-refractivity contribution in [2.24, 2.45) is 0 Å². The number of benzene rings is 1. The summed E-state index contributed by atoms with van der Waals surface area (Å²) in [5.41, 5.74) is -0.124. The van der Waals surface area contributed by atoms with E-state index in [0.717, 1.165) is 25.7 Å². The summed E-state index contributed by atoms with van der Waals surface area (Å²) in [4.78, 5) is 23.1. The number of unbranched alkanes of at least 4 members (excludes halogenated alkanes) is 3. The van der Waals surface area contributed by atoms with E-state index in [1.165, 1.54) is 19.1 Å². The third kappa shape index (κ3) is 5.03. The number of ether oxygens (including phenoxy) is 1. The number of carboxylic acids is 1. The van der Waals surface area contributed by atoms with Crippen molar-refractivity contribution in [2.45, 2.75) is 52.0 Å². The Balaban J connectivity index is 2.69. The molecule has 0 amide bonds. The topological polar surface area (TPSA) is 63.6 Å². The number of carbonyl (C=O) groups is 2. The van der Waals surface area contributed by atoms with Crippen LogP contribution in [0.5, 0.6) is 0 Å². The molecule has 4 heteroatoms. The van der Waals surface area contributed by atoms with Crippen LogP contribution in [-0.4, -0.2) is 23.1 Å². The molecule has 1 N–H and O–H groups in total. The van der Waals surface area contributed by atoms with Crippen molar-refractivity contribution in [3.63, 3.8) is 0 Å². The highest BCUT2D eigenvalue weighted by Gasteiger charge is 2.18. The predicted octanol–water partition coefficient (Wildman–Crippen LogP) is 3.90. The molecular formula is C16H22O4. The van der Waals surface area contributed by atoms with Gasteiger partial charge in [0.05, 0.1) is 18.6 Å². The van der Waals surface area contributed by atoms with Crippen LogP contribution < -0.4 is 0 Å². The molecule has 0 bridgehead atoms. The third-order valence-electron chi connectivity index (χ3n) is 3.03. The van der Waals surface area contributed by atoms with Gasteiger partial charge in [0.1, 0.15) is 0 Å². The molecule has 1 rings (SSSR count). The highest BCUT2D eigenvalue weighted by atomic mass is 16.5. The highest BCUT2D eigenvalue weighted by molar-refractivity contribution is 6.02. The monoisotopic (exact) mass is 279 g/mol. The predicted molar refractivity (Wildman–Crippen MR) is 77.0 cm³/mol. The van der Waals surface area contributed by atoms with Gasteiger partial charge in [0.15, 0.2) is 0 Å². The molecule has 20 heavy (non-hydrogen) atoms. The average Bonchev–Trinajstić information content (AvgIpc) is 2.43. The lowest BCUT2D eigenvalue weighted by Crippen LogP contribution is -2.17. The van der Waals surface area contributed by atoms with Crippen LogP contribution in [0.15, 0.2) is 24.3 Å². The van der Waals surface area contributed by atoms with Gasteiger partial charge in [-0.25, -0.2) is 9.59 Å². The fraction of sp³-hybridized carbons (Fsp3) is 0.500.